The summed E-state index contributed by atoms with van der Waals surface area (Å²) in [6, 6.07) is 10.1. The Morgan fingerprint density at radius 2 is 2.06 bits per heavy atom. The summed E-state index contributed by atoms with van der Waals surface area (Å²) >= 11 is 0. The number of aromatic nitrogens is 5. The van der Waals surface area contributed by atoms with Gasteiger partial charge in [0.2, 0.25) is 17.7 Å². The van der Waals surface area contributed by atoms with E-state index in [0.717, 1.165) is 16.5 Å². The van der Waals surface area contributed by atoms with Crippen LogP contribution in [0.2, 0.25) is 0 Å². The molecule has 4 heterocycles. The first kappa shape index (κ1) is 21.6. The molecule has 0 spiro atoms. The van der Waals surface area contributed by atoms with Gasteiger partial charge in [-0.3, -0.25) is 29.6 Å². The first-order valence-electron chi connectivity index (χ1n) is 11.4. The largest absolute Gasteiger partial charge is 0.324 e. The number of H-pyrrole nitrogens is 1. The van der Waals surface area contributed by atoms with Crippen molar-refractivity contribution in [1.29, 1.82) is 0 Å². The molecule has 0 saturated carbocycles. The average Bonchev–Trinajstić information content (AvgIpc) is 3.59. The predicted molar refractivity (Wildman–Crippen MR) is 126 cm³/mol. The number of nitrogens with zero attached hydrogens (tertiary/aromatic N) is 5. The zero-order chi connectivity index (χ0) is 24.8. The van der Waals surface area contributed by atoms with Gasteiger partial charge in [0.05, 0.1) is 17.9 Å². The molecule has 180 valence electrons. The molecule has 6 rings (SSSR count). The molecule has 2 aliphatic rings. The minimum atomic E-state index is -0.721. The van der Waals surface area contributed by atoms with Crippen molar-refractivity contribution < 1.29 is 19.2 Å². The SMILES string of the molecule is O=C1CCC(N2Cc3c(NC(=O)Cn4cc(-c5ccc6[nH]ncc6c5)nn4)cccc3C2=O)C(=O)N1. The lowest BCUT2D eigenvalue weighted by Crippen LogP contribution is -2.52. The highest BCUT2D eigenvalue weighted by Gasteiger charge is 2.39. The van der Waals surface area contributed by atoms with Crippen molar-refractivity contribution in [3.05, 3.63) is 59.9 Å². The quantitative estimate of drug-likeness (QED) is 0.360. The summed E-state index contributed by atoms with van der Waals surface area (Å²) in [5.41, 5.74) is 3.94. The van der Waals surface area contributed by atoms with E-state index >= 15 is 0 Å². The maximum atomic E-state index is 13.0. The number of benzene rings is 2. The summed E-state index contributed by atoms with van der Waals surface area (Å²) < 4.78 is 1.44. The minimum absolute atomic E-state index is 0.0740. The number of carbonyl (C=O) groups excluding carboxylic acids is 4. The molecule has 12 nitrogen and oxygen atoms in total. The lowest BCUT2D eigenvalue weighted by Gasteiger charge is -2.29. The van der Waals surface area contributed by atoms with Gasteiger partial charge in [-0.1, -0.05) is 17.3 Å². The Morgan fingerprint density at radius 3 is 2.92 bits per heavy atom. The Labute approximate surface area is 203 Å². The molecule has 2 aliphatic heterocycles. The van der Waals surface area contributed by atoms with E-state index in [0.29, 0.717) is 22.5 Å². The van der Waals surface area contributed by atoms with Gasteiger partial charge in [0.1, 0.15) is 18.3 Å². The average molecular weight is 484 g/mol. The monoisotopic (exact) mass is 484 g/mol. The number of anilines is 1. The van der Waals surface area contributed by atoms with Crippen molar-refractivity contribution in [1.82, 2.24) is 35.4 Å². The molecule has 2 aromatic heterocycles. The molecule has 4 amide bonds. The molecule has 2 aromatic carbocycles. The van der Waals surface area contributed by atoms with Crippen LogP contribution in [0.15, 0.2) is 48.8 Å². The van der Waals surface area contributed by atoms with Gasteiger partial charge in [0, 0.05) is 40.7 Å². The van der Waals surface area contributed by atoms with Crippen LogP contribution < -0.4 is 10.6 Å². The Bertz CT molecular complexity index is 1550. The van der Waals surface area contributed by atoms with Crippen molar-refractivity contribution >= 4 is 40.2 Å². The number of rotatable bonds is 5. The van der Waals surface area contributed by atoms with Gasteiger partial charge in [-0.25, -0.2) is 4.68 Å². The molecular formula is C24H20N8O4. The van der Waals surface area contributed by atoms with Crippen molar-refractivity contribution in [3.8, 4) is 11.3 Å². The van der Waals surface area contributed by atoms with Gasteiger partial charge >= 0.3 is 0 Å². The summed E-state index contributed by atoms with van der Waals surface area (Å²) in [4.78, 5) is 51.0. The lowest BCUT2D eigenvalue weighted by atomic mass is 10.0. The second-order valence-corrected chi connectivity index (χ2v) is 8.75. The number of carbonyl (C=O) groups is 4. The molecular weight excluding hydrogens is 464 g/mol. The fourth-order valence-electron chi connectivity index (χ4n) is 4.65. The molecule has 3 N–H and O–H groups in total. The first-order chi connectivity index (χ1) is 17.5. The van der Waals surface area contributed by atoms with Crippen LogP contribution >= 0.6 is 0 Å². The predicted octanol–water partition coefficient (Wildman–Crippen LogP) is 1.22. The van der Waals surface area contributed by atoms with Gasteiger partial charge < -0.3 is 10.2 Å². The lowest BCUT2D eigenvalue weighted by molar-refractivity contribution is -0.137. The second-order valence-electron chi connectivity index (χ2n) is 8.75. The molecule has 1 unspecified atom stereocenters. The van der Waals surface area contributed by atoms with E-state index in [1.807, 2.05) is 18.2 Å². The molecule has 12 heteroatoms. The molecule has 1 saturated heterocycles. The van der Waals surface area contributed by atoms with Gasteiger partial charge in [0.25, 0.3) is 5.91 Å². The highest BCUT2D eigenvalue weighted by Crippen LogP contribution is 2.32. The van der Waals surface area contributed by atoms with Crippen molar-refractivity contribution in [2.24, 2.45) is 0 Å². The van der Waals surface area contributed by atoms with E-state index < -0.39 is 11.9 Å². The van der Waals surface area contributed by atoms with Crippen LogP contribution in [0.5, 0.6) is 0 Å². The Morgan fingerprint density at radius 1 is 1.17 bits per heavy atom. The van der Waals surface area contributed by atoms with Crippen molar-refractivity contribution in [3.63, 3.8) is 0 Å². The van der Waals surface area contributed by atoms with Gasteiger partial charge in [-0.2, -0.15) is 5.10 Å². The van der Waals surface area contributed by atoms with Crippen LogP contribution in [-0.2, 0) is 27.5 Å². The van der Waals surface area contributed by atoms with Crippen LogP contribution in [0.3, 0.4) is 0 Å². The summed E-state index contributed by atoms with van der Waals surface area (Å²) in [7, 11) is 0. The number of hydrogen-bond acceptors (Lipinski definition) is 7. The van der Waals surface area contributed by atoms with Crippen LogP contribution in [0.25, 0.3) is 22.2 Å². The normalized spacial score (nSPS) is 17.4. The topological polar surface area (TPSA) is 155 Å². The molecule has 1 fully saturated rings. The van der Waals surface area contributed by atoms with E-state index in [-0.39, 0.29) is 43.7 Å². The number of aromatic amines is 1. The van der Waals surface area contributed by atoms with Crippen LogP contribution in [0.1, 0.15) is 28.8 Å². The molecule has 36 heavy (non-hydrogen) atoms. The highest BCUT2D eigenvalue weighted by atomic mass is 16.2. The zero-order valence-electron chi connectivity index (χ0n) is 18.9. The van der Waals surface area contributed by atoms with Crippen LogP contribution in [-0.4, -0.2) is 59.8 Å². The van der Waals surface area contributed by atoms with Crippen LogP contribution in [0.4, 0.5) is 5.69 Å². The zero-order valence-corrected chi connectivity index (χ0v) is 18.9. The number of fused-ring (bicyclic) bond motifs is 2. The molecule has 4 aromatic rings. The van der Waals surface area contributed by atoms with E-state index in [9.17, 15) is 19.2 Å². The van der Waals surface area contributed by atoms with Gasteiger partial charge in [0.15, 0.2) is 0 Å². The van der Waals surface area contributed by atoms with E-state index in [2.05, 4.69) is 31.1 Å². The molecule has 1 atom stereocenters. The Balaban J connectivity index is 1.16. The number of imide groups is 1. The maximum absolute atomic E-state index is 13.0. The number of hydrogen-bond donors (Lipinski definition) is 3. The Kier molecular flexibility index (Phi) is 5.06. The van der Waals surface area contributed by atoms with E-state index in [1.54, 1.807) is 30.6 Å². The third kappa shape index (κ3) is 3.78. The fraction of sp³-hybridized carbons (Fsp3) is 0.208. The van der Waals surface area contributed by atoms with Crippen molar-refractivity contribution in [2.45, 2.75) is 32.0 Å². The smallest absolute Gasteiger partial charge is 0.255 e. The summed E-state index contributed by atoms with van der Waals surface area (Å²) in [6.45, 7) is 0.0935. The highest BCUT2D eigenvalue weighted by molar-refractivity contribution is 6.06. The maximum Gasteiger partial charge on any atom is 0.255 e. The molecule has 0 aliphatic carbocycles. The number of nitrogens with one attached hydrogen (secondary N) is 3. The fourth-order valence-corrected chi connectivity index (χ4v) is 4.65. The third-order valence-electron chi connectivity index (χ3n) is 6.44. The number of piperidine rings is 1. The summed E-state index contributed by atoms with van der Waals surface area (Å²) in [5.74, 6) is -1.46. The van der Waals surface area contributed by atoms with Crippen molar-refractivity contribution in [2.75, 3.05) is 5.32 Å². The second kappa shape index (κ2) is 8.41. The van der Waals surface area contributed by atoms with Gasteiger partial charge in [-0.15, -0.1) is 5.10 Å². The summed E-state index contributed by atoms with van der Waals surface area (Å²) in [6.07, 6.45) is 3.86. The first-order valence-corrected chi connectivity index (χ1v) is 11.4. The van der Waals surface area contributed by atoms with Crippen LogP contribution in [0, 0.1) is 0 Å². The van der Waals surface area contributed by atoms with E-state index in [4.69, 9.17) is 0 Å². The van der Waals surface area contributed by atoms with Gasteiger partial charge in [-0.05, 0) is 30.7 Å². The third-order valence-corrected chi connectivity index (χ3v) is 6.44. The standard InChI is InChI=1S/C24H20N8O4/c33-21-7-6-20(23(35)27-21)32-10-16-15(24(32)36)2-1-3-18(16)26-22(34)12-31-11-19(29-30-31)13-4-5-17-14(8-13)9-25-28-17/h1-5,8-9,11,20H,6-7,10,12H2,(H,25,28)(H,26,34)(H,27,33,35). The molecule has 0 bridgehead atoms. The molecule has 0 radical (unpaired) electrons. The Hall–Kier alpha value is -4.87. The summed E-state index contributed by atoms with van der Waals surface area (Å²) in [5, 5.41) is 21.2. The number of amides is 4. The van der Waals surface area contributed by atoms with E-state index in [1.165, 1.54) is 9.58 Å². The minimum Gasteiger partial charge on any atom is -0.324 e.